The standard InChI is InChI=1S/C18H29NO2/c1-3-20-16-6-4-5-7-17(16)21-13-12-18(14-19)10-8-15(2)9-11-18/h4-7,15H,3,8-14,19H2,1-2H3. The first-order valence-electron chi connectivity index (χ1n) is 8.24. The van der Waals surface area contributed by atoms with E-state index in [1.807, 2.05) is 31.2 Å². The van der Waals surface area contributed by atoms with E-state index >= 15 is 0 Å². The van der Waals surface area contributed by atoms with Crippen molar-refractivity contribution in [2.75, 3.05) is 19.8 Å². The molecule has 1 fully saturated rings. The Kier molecular flexibility index (Phi) is 5.92. The normalized spacial score (nSPS) is 25.6. The molecule has 1 aromatic rings. The third kappa shape index (κ3) is 4.37. The van der Waals surface area contributed by atoms with Gasteiger partial charge in [0, 0.05) is 0 Å². The zero-order valence-corrected chi connectivity index (χ0v) is 13.4. The topological polar surface area (TPSA) is 44.5 Å². The minimum Gasteiger partial charge on any atom is -0.490 e. The van der Waals surface area contributed by atoms with Crippen LogP contribution in [0.3, 0.4) is 0 Å². The number of rotatable bonds is 7. The van der Waals surface area contributed by atoms with Gasteiger partial charge in [-0.2, -0.15) is 0 Å². The third-order valence-electron chi connectivity index (χ3n) is 4.81. The summed E-state index contributed by atoms with van der Waals surface area (Å²) >= 11 is 0. The highest BCUT2D eigenvalue weighted by Crippen LogP contribution is 2.41. The van der Waals surface area contributed by atoms with Crippen LogP contribution in [0.15, 0.2) is 24.3 Å². The average molecular weight is 291 g/mol. The molecular weight excluding hydrogens is 262 g/mol. The number of hydrogen-bond acceptors (Lipinski definition) is 3. The molecule has 21 heavy (non-hydrogen) atoms. The van der Waals surface area contributed by atoms with Crippen molar-refractivity contribution in [2.45, 2.75) is 46.0 Å². The van der Waals surface area contributed by atoms with Gasteiger partial charge in [-0.05, 0) is 56.2 Å². The maximum absolute atomic E-state index is 6.06. The Bertz CT molecular complexity index is 425. The quantitative estimate of drug-likeness (QED) is 0.825. The van der Waals surface area contributed by atoms with Crippen LogP contribution < -0.4 is 15.2 Å². The lowest BCUT2D eigenvalue weighted by Gasteiger charge is -2.38. The van der Waals surface area contributed by atoms with Crippen molar-refractivity contribution in [3.05, 3.63) is 24.3 Å². The second-order valence-electron chi connectivity index (χ2n) is 6.36. The fraction of sp³-hybridized carbons (Fsp3) is 0.667. The number of para-hydroxylation sites is 2. The van der Waals surface area contributed by atoms with Crippen LogP contribution >= 0.6 is 0 Å². The molecule has 0 aliphatic heterocycles. The van der Waals surface area contributed by atoms with Gasteiger partial charge in [0.15, 0.2) is 11.5 Å². The SMILES string of the molecule is CCOc1ccccc1OCCC1(CN)CCC(C)CC1. The van der Waals surface area contributed by atoms with Gasteiger partial charge in [-0.25, -0.2) is 0 Å². The molecule has 0 aromatic heterocycles. The molecule has 0 unspecified atom stereocenters. The second kappa shape index (κ2) is 7.69. The van der Waals surface area contributed by atoms with Crippen molar-refractivity contribution in [1.82, 2.24) is 0 Å². The van der Waals surface area contributed by atoms with Gasteiger partial charge in [0.2, 0.25) is 0 Å². The monoisotopic (exact) mass is 291 g/mol. The Morgan fingerprint density at radius 2 is 1.76 bits per heavy atom. The molecule has 1 saturated carbocycles. The molecule has 0 spiro atoms. The van der Waals surface area contributed by atoms with Crippen LogP contribution in [0.4, 0.5) is 0 Å². The van der Waals surface area contributed by atoms with Crippen molar-refractivity contribution in [2.24, 2.45) is 17.1 Å². The minimum absolute atomic E-state index is 0.285. The molecule has 1 aromatic carbocycles. The summed E-state index contributed by atoms with van der Waals surface area (Å²) in [7, 11) is 0. The first-order valence-corrected chi connectivity index (χ1v) is 8.24. The Balaban J connectivity index is 1.88. The van der Waals surface area contributed by atoms with Crippen molar-refractivity contribution >= 4 is 0 Å². The molecule has 1 aliphatic carbocycles. The predicted molar refractivity (Wildman–Crippen MR) is 86.8 cm³/mol. The van der Waals surface area contributed by atoms with Crippen molar-refractivity contribution in [3.8, 4) is 11.5 Å². The molecule has 2 N–H and O–H groups in total. The molecule has 2 rings (SSSR count). The van der Waals surface area contributed by atoms with E-state index in [-0.39, 0.29) is 5.41 Å². The number of ether oxygens (including phenoxy) is 2. The molecule has 118 valence electrons. The van der Waals surface area contributed by atoms with Crippen LogP contribution in [0.2, 0.25) is 0 Å². The van der Waals surface area contributed by atoms with Gasteiger partial charge >= 0.3 is 0 Å². The summed E-state index contributed by atoms with van der Waals surface area (Å²) in [6, 6.07) is 7.89. The van der Waals surface area contributed by atoms with E-state index in [0.717, 1.165) is 37.0 Å². The molecule has 0 atom stereocenters. The summed E-state index contributed by atoms with van der Waals surface area (Å²) < 4.78 is 11.6. The van der Waals surface area contributed by atoms with E-state index < -0.39 is 0 Å². The highest BCUT2D eigenvalue weighted by atomic mass is 16.5. The lowest BCUT2D eigenvalue weighted by molar-refractivity contribution is 0.122. The minimum atomic E-state index is 0.285. The molecule has 0 heterocycles. The molecule has 0 amide bonds. The average Bonchev–Trinajstić information content (AvgIpc) is 2.52. The van der Waals surface area contributed by atoms with Crippen LogP contribution in [0.5, 0.6) is 11.5 Å². The van der Waals surface area contributed by atoms with Crippen LogP contribution in [0.1, 0.15) is 46.0 Å². The van der Waals surface area contributed by atoms with Gasteiger partial charge in [-0.3, -0.25) is 0 Å². The number of nitrogens with two attached hydrogens (primary N) is 1. The summed E-state index contributed by atoms with van der Waals surface area (Å²) in [6.45, 7) is 6.48. The van der Waals surface area contributed by atoms with Crippen molar-refractivity contribution in [1.29, 1.82) is 0 Å². The molecule has 3 heteroatoms. The van der Waals surface area contributed by atoms with Crippen LogP contribution in [0, 0.1) is 11.3 Å². The molecule has 0 radical (unpaired) electrons. The van der Waals surface area contributed by atoms with Crippen molar-refractivity contribution in [3.63, 3.8) is 0 Å². The Morgan fingerprint density at radius 1 is 1.14 bits per heavy atom. The Labute approximate surface area is 128 Å². The van der Waals surface area contributed by atoms with Gasteiger partial charge in [0.1, 0.15) is 0 Å². The summed E-state index contributed by atoms with van der Waals surface area (Å²) in [4.78, 5) is 0. The van der Waals surface area contributed by atoms with E-state index in [0.29, 0.717) is 6.61 Å². The maximum atomic E-state index is 6.06. The van der Waals surface area contributed by atoms with E-state index in [4.69, 9.17) is 15.2 Å². The fourth-order valence-electron chi connectivity index (χ4n) is 3.15. The first-order chi connectivity index (χ1) is 10.2. The van der Waals surface area contributed by atoms with E-state index in [1.165, 1.54) is 25.7 Å². The molecule has 1 aliphatic rings. The predicted octanol–water partition coefficient (Wildman–Crippen LogP) is 4.01. The zero-order chi connectivity index (χ0) is 15.1. The molecule has 0 bridgehead atoms. The van der Waals surface area contributed by atoms with Gasteiger partial charge in [0.05, 0.1) is 13.2 Å². The summed E-state index contributed by atoms with van der Waals surface area (Å²) in [5.74, 6) is 2.53. The highest BCUT2D eigenvalue weighted by molar-refractivity contribution is 5.39. The summed E-state index contributed by atoms with van der Waals surface area (Å²) in [5, 5.41) is 0. The van der Waals surface area contributed by atoms with Gasteiger partial charge in [0.25, 0.3) is 0 Å². The largest absolute Gasteiger partial charge is 0.490 e. The molecule has 3 nitrogen and oxygen atoms in total. The number of hydrogen-bond donors (Lipinski definition) is 1. The fourth-order valence-corrected chi connectivity index (χ4v) is 3.15. The Morgan fingerprint density at radius 3 is 2.33 bits per heavy atom. The second-order valence-corrected chi connectivity index (χ2v) is 6.36. The zero-order valence-electron chi connectivity index (χ0n) is 13.4. The Hall–Kier alpha value is -1.22. The lowest BCUT2D eigenvalue weighted by atomic mass is 9.69. The maximum Gasteiger partial charge on any atom is 0.161 e. The first kappa shape index (κ1) is 16.2. The van der Waals surface area contributed by atoms with Crippen LogP contribution in [-0.4, -0.2) is 19.8 Å². The molecule has 0 saturated heterocycles. The van der Waals surface area contributed by atoms with E-state index in [2.05, 4.69) is 6.92 Å². The lowest BCUT2D eigenvalue weighted by Crippen LogP contribution is -2.35. The van der Waals surface area contributed by atoms with E-state index in [1.54, 1.807) is 0 Å². The van der Waals surface area contributed by atoms with E-state index in [9.17, 15) is 0 Å². The third-order valence-corrected chi connectivity index (χ3v) is 4.81. The highest BCUT2D eigenvalue weighted by Gasteiger charge is 2.32. The van der Waals surface area contributed by atoms with Gasteiger partial charge < -0.3 is 15.2 Å². The number of benzene rings is 1. The smallest absolute Gasteiger partial charge is 0.161 e. The van der Waals surface area contributed by atoms with Gasteiger partial charge in [-0.15, -0.1) is 0 Å². The molecular formula is C18H29NO2. The summed E-state index contributed by atoms with van der Waals surface area (Å²) in [5.41, 5.74) is 6.35. The van der Waals surface area contributed by atoms with Gasteiger partial charge in [-0.1, -0.05) is 31.9 Å². The van der Waals surface area contributed by atoms with Crippen LogP contribution in [0.25, 0.3) is 0 Å². The van der Waals surface area contributed by atoms with Crippen LogP contribution in [-0.2, 0) is 0 Å². The summed E-state index contributed by atoms with van der Waals surface area (Å²) in [6.07, 6.45) is 6.11. The van der Waals surface area contributed by atoms with Crippen molar-refractivity contribution < 1.29 is 9.47 Å².